The minimum Gasteiger partial charge on any atom is -0.392 e. The summed E-state index contributed by atoms with van der Waals surface area (Å²) in [4.78, 5) is 0. The third-order valence-electron chi connectivity index (χ3n) is 2.15. The summed E-state index contributed by atoms with van der Waals surface area (Å²) in [6.07, 6.45) is 5.05. The third-order valence-corrected chi connectivity index (χ3v) is 2.15. The average molecular weight is 191 g/mol. The summed E-state index contributed by atoms with van der Waals surface area (Å²) in [5.74, 6) is 0. The van der Waals surface area contributed by atoms with Crippen LogP contribution in [0.15, 0.2) is 24.3 Å². The smallest absolute Gasteiger partial charge is 0.0681 e. The van der Waals surface area contributed by atoms with Crippen LogP contribution in [-0.4, -0.2) is 11.7 Å². The predicted octanol–water partition coefficient (Wildman–Crippen LogP) is 1.85. The Hall–Kier alpha value is -1.12. The first kappa shape index (κ1) is 11.0. The number of aliphatic hydroxyl groups excluding tert-OH is 1. The van der Waals surface area contributed by atoms with Crippen LogP contribution in [0.1, 0.15) is 23.1 Å². The molecule has 3 N–H and O–H groups in total. The van der Waals surface area contributed by atoms with E-state index in [0.29, 0.717) is 6.54 Å². The van der Waals surface area contributed by atoms with Crippen molar-refractivity contribution >= 4 is 6.08 Å². The fourth-order valence-corrected chi connectivity index (χ4v) is 1.33. The van der Waals surface area contributed by atoms with Crippen molar-refractivity contribution in [2.24, 2.45) is 5.73 Å². The molecular weight excluding hydrogens is 174 g/mol. The highest BCUT2D eigenvalue weighted by Crippen LogP contribution is 2.12. The highest BCUT2D eigenvalue weighted by molar-refractivity contribution is 5.54. The summed E-state index contributed by atoms with van der Waals surface area (Å²) in [5.41, 5.74) is 8.72. The van der Waals surface area contributed by atoms with Crippen LogP contribution in [0.4, 0.5) is 0 Å². The van der Waals surface area contributed by atoms with Crippen molar-refractivity contribution in [1.29, 1.82) is 0 Å². The average Bonchev–Trinajstić information content (AvgIpc) is 2.20. The van der Waals surface area contributed by atoms with Gasteiger partial charge in [0.1, 0.15) is 0 Å². The summed E-state index contributed by atoms with van der Waals surface area (Å²) >= 11 is 0. The molecule has 0 aliphatic carbocycles. The lowest BCUT2D eigenvalue weighted by molar-refractivity contribution is 0.282. The quantitative estimate of drug-likeness (QED) is 0.763. The van der Waals surface area contributed by atoms with Crippen molar-refractivity contribution in [2.45, 2.75) is 20.0 Å². The number of hydrogen-bond acceptors (Lipinski definition) is 2. The zero-order chi connectivity index (χ0) is 10.4. The molecule has 2 heteroatoms. The Morgan fingerprint density at radius 1 is 1.43 bits per heavy atom. The number of hydrogen-bond donors (Lipinski definition) is 2. The Kier molecular flexibility index (Phi) is 4.36. The van der Waals surface area contributed by atoms with Crippen LogP contribution in [0.2, 0.25) is 0 Å². The number of rotatable bonds is 4. The molecule has 0 fully saturated rings. The minimum absolute atomic E-state index is 0.105. The normalized spacial score (nSPS) is 11.1. The first-order chi connectivity index (χ1) is 6.77. The first-order valence-electron chi connectivity index (χ1n) is 4.85. The number of nitrogens with two attached hydrogens (primary N) is 1. The molecule has 1 rings (SSSR count). The molecule has 0 bridgehead atoms. The summed E-state index contributed by atoms with van der Waals surface area (Å²) in [7, 11) is 0. The zero-order valence-electron chi connectivity index (χ0n) is 8.53. The molecule has 0 aliphatic rings. The molecule has 0 heterocycles. The Balaban J connectivity index is 2.78. The second kappa shape index (κ2) is 5.58. The van der Waals surface area contributed by atoms with Gasteiger partial charge >= 0.3 is 0 Å². The van der Waals surface area contributed by atoms with E-state index in [4.69, 9.17) is 10.8 Å². The van der Waals surface area contributed by atoms with Gasteiger partial charge in [-0.05, 0) is 36.6 Å². The first-order valence-corrected chi connectivity index (χ1v) is 4.85. The molecule has 0 saturated heterocycles. The van der Waals surface area contributed by atoms with Crippen LogP contribution in [-0.2, 0) is 6.61 Å². The molecule has 76 valence electrons. The molecule has 0 saturated carbocycles. The molecule has 0 atom stereocenters. The van der Waals surface area contributed by atoms with E-state index in [1.807, 2.05) is 25.1 Å². The molecule has 0 aromatic heterocycles. The third kappa shape index (κ3) is 2.98. The van der Waals surface area contributed by atoms with E-state index in [1.54, 1.807) is 0 Å². The summed E-state index contributed by atoms with van der Waals surface area (Å²) in [6, 6.07) is 5.96. The van der Waals surface area contributed by atoms with Gasteiger partial charge in [0.2, 0.25) is 0 Å². The van der Waals surface area contributed by atoms with E-state index >= 15 is 0 Å². The van der Waals surface area contributed by atoms with Gasteiger partial charge in [0, 0.05) is 0 Å². The van der Waals surface area contributed by atoms with Crippen LogP contribution >= 0.6 is 0 Å². The lowest BCUT2D eigenvalue weighted by atomic mass is 10.0. The van der Waals surface area contributed by atoms with Gasteiger partial charge in [-0.1, -0.05) is 30.4 Å². The SMILES string of the molecule is Cc1cc(CO)ccc1C=CCCN. The largest absolute Gasteiger partial charge is 0.392 e. The van der Waals surface area contributed by atoms with Crippen molar-refractivity contribution in [2.75, 3.05) is 6.54 Å². The van der Waals surface area contributed by atoms with Crippen molar-refractivity contribution in [3.8, 4) is 0 Å². The monoisotopic (exact) mass is 191 g/mol. The molecule has 1 aromatic rings. The number of benzene rings is 1. The predicted molar refractivity (Wildman–Crippen MR) is 59.8 cm³/mol. The molecule has 0 radical (unpaired) electrons. The second-order valence-electron chi connectivity index (χ2n) is 3.33. The Labute approximate surface area is 85.1 Å². The second-order valence-corrected chi connectivity index (χ2v) is 3.33. The van der Waals surface area contributed by atoms with Crippen molar-refractivity contribution < 1.29 is 5.11 Å². The van der Waals surface area contributed by atoms with Gasteiger partial charge in [0.25, 0.3) is 0 Å². The molecule has 0 aliphatic heterocycles. The molecule has 0 amide bonds. The van der Waals surface area contributed by atoms with Crippen molar-refractivity contribution in [3.05, 3.63) is 41.0 Å². The van der Waals surface area contributed by atoms with E-state index < -0.39 is 0 Å². The number of aryl methyl sites for hydroxylation is 1. The fraction of sp³-hybridized carbons (Fsp3) is 0.333. The lowest BCUT2D eigenvalue weighted by Crippen LogP contribution is -1.95. The van der Waals surface area contributed by atoms with Crippen molar-refractivity contribution in [1.82, 2.24) is 0 Å². The minimum atomic E-state index is 0.105. The molecule has 1 aromatic carbocycles. The van der Waals surface area contributed by atoms with Crippen LogP contribution in [0.25, 0.3) is 6.08 Å². The van der Waals surface area contributed by atoms with Gasteiger partial charge in [-0.2, -0.15) is 0 Å². The fourth-order valence-electron chi connectivity index (χ4n) is 1.33. The Morgan fingerprint density at radius 3 is 2.79 bits per heavy atom. The van der Waals surface area contributed by atoms with Crippen LogP contribution in [0.3, 0.4) is 0 Å². The van der Waals surface area contributed by atoms with Gasteiger partial charge in [-0.15, -0.1) is 0 Å². The Morgan fingerprint density at radius 2 is 2.21 bits per heavy atom. The zero-order valence-corrected chi connectivity index (χ0v) is 8.53. The maximum absolute atomic E-state index is 8.93. The molecule has 14 heavy (non-hydrogen) atoms. The van der Waals surface area contributed by atoms with Gasteiger partial charge in [0.15, 0.2) is 0 Å². The van der Waals surface area contributed by atoms with E-state index in [1.165, 1.54) is 11.1 Å². The van der Waals surface area contributed by atoms with Crippen LogP contribution in [0, 0.1) is 6.92 Å². The highest BCUT2D eigenvalue weighted by Gasteiger charge is 1.95. The van der Waals surface area contributed by atoms with Gasteiger partial charge in [-0.3, -0.25) is 0 Å². The van der Waals surface area contributed by atoms with Gasteiger partial charge in [-0.25, -0.2) is 0 Å². The molecule has 0 unspecified atom stereocenters. The van der Waals surface area contributed by atoms with Gasteiger partial charge < -0.3 is 10.8 Å². The van der Waals surface area contributed by atoms with E-state index in [0.717, 1.165) is 12.0 Å². The van der Waals surface area contributed by atoms with Crippen LogP contribution in [0.5, 0.6) is 0 Å². The molecule has 2 nitrogen and oxygen atoms in total. The summed E-state index contributed by atoms with van der Waals surface area (Å²) < 4.78 is 0. The lowest BCUT2D eigenvalue weighted by Gasteiger charge is -2.02. The summed E-state index contributed by atoms with van der Waals surface area (Å²) in [5, 5.41) is 8.93. The van der Waals surface area contributed by atoms with E-state index in [2.05, 4.69) is 12.2 Å². The van der Waals surface area contributed by atoms with Crippen LogP contribution < -0.4 is 5.73 Å². The molecular formula is C12H17NO. The number of aliphatic hydroxyl groups is 1. The van der Waals surface area contributed by atoms with Gasteiger partial charge in [0.05, 0.1) is 6.61 Å². The Bertz CT molecular complexity index is 318. The van der Waals surface area contributed by atoms with E-state index in [9.17, 15) is 0 Å². The molecule has 0 spiro atoms. The summed E-state index contributed by atoms with van der Waals surface area (Å²) in [6.45, 7) is 2.83. The van der Waals surface area contributed by atoms with E-state index in [-0.39, 0.29) is 6.61 Å². The highest BCUT2D eigenvalue weighted by atomic mass is 16.3. The topological polar surface area (TPSA) is 46.2 Å². The van der Waals surface area contributed by atoms with Crippen molar-refractivity contribution in [3.63, 3.8) is 0 Å². The standard InChI is InChI=1S/C12H17NO/c1-10-8-11(9-14)5-6-12(10)4-2-3-7-13/h2,4-6,8,14H,3,7,9,13H2,1H3. The maximum Gasteiger partial charge on any atom is 0.0681 e. The maximum atomic E-state index is 8.93.